The lowest BCUT2D eigenvalue weighted by Crippen LogP contribution is -2.63. The molecule has 0 spiro atoms. The van der Waals surface area contributed by atoms with Crippen LogP contribution in [0.4, 0.5) is 0 Å². The van der Waals surface area contributed by atoms with Crippen molar-refractivity contribution in [3.8, 4) is 39.4 Å². The molecule has 2 aliphatic heterocycles. The van der Waals surface area contributed by atoms with Crippen LogP contribution in [0.2, 0.25) is 0 Å². The zero-order chi connectivity index (χ0) is 39.4. The van der Waals surface area contributed by atoms with Crippen LogP contribution in [-0.2, 0) is 5.41 Å². The van der Waals surface area contributed by atoms with Gasteiger partial charge in [-0.25, -0.2) is 0 Å². The van der Waals surface area contributed by atoms with Crippen molar-refractivity contribution in [2.75, 3.05) is 0 Å². The molecule has 8 aliphatic rings. The second-order valence-corrected chi connectivity index (χ2v) is 19.7. The van der Waals surface area contributed by atoms with Gasteiger partial charge in [0, 0.05) is 33.0 Å². The molecule has 60 heavy (non-hydrogen) atoms. The number of benzene rings is 7. The number of aromatic nitrogens is 1. The molecule has 8 aromatic rings. The number of hydrogen-bond acceptors (Lipinski definition) is 1. The normalized spacial score (nSPS) is 22.2. The molecule has 6 aliphatic carbocycles. The van der Waals surface area contributed by atoms with Gasteiger partial charge in [-0.3, -0.25) is 0 Å². The van der Waals surface area contributed by atoms with Gasteiger partial charge in [-0.2, -0.15) is 0 Å². The van der Waals surface area contributed by atoms with E-state index in [0.717, 1.165) is 11.5 Å². The molecule has 3 heteroatoms. The summed E-state index contributed by atoms with van der Waals surface area (Å²) in [6, 6.07) is 51.1. The van der Waals surface area contributed by atoms with E-state index in [-0.39, 0.29) is 12.1 Å². The van der Waals surface area contributed by atoms with Crippen molar-refractivity contribution in [3.63, 3.8) is 0 Å². The topological polar surface area (TPSA) is 14.2 Å². The van der Waals surface area contributed by atoms with Crippen LogP contribution in [0, 0.1) is 0 Å². The maximum atomic E-state index is 7.27. The van der Waals surface area contributed by atoms with Gasteiger partial charge in [0.2, 0.25) is 0 Å². The molecular formula is C57H48BNO. The number of rotatable bonds is 3. The molecule has 4 bridgehead atoms. The third-order valence-electron chi connectivity index (χ3n) is 16.5. The standard InChI is InChI=1S/C57H48BNO/c1-57(2)47-29-39(59-55-40(33-11-5-3-6-12-33)15-9-17-42(55)43-18-10-16-41(56(43)59)34-13-7-4-8-14-34)27-28-48(47)58-49-30-44-35-19-21-36(22-20-35)45(44)31-50(49)60-51-32-46-37-23-25-38(26-24-37)52(46)53(57)54(51)58/h3-18,27-32,35-38H,19-26H2,1-2H3. The Balaban J connectivity index is 1.08. The first-order valence-corrected chi connectivity index (χ1v) is 22.9. The summed E-state index contributed by atoms with van der Waals surface area (Å²) in [6.45, 7) is 5.24. The predicted octanol–water partition coefficient (Wildman–Crippen LogP) is 12.9. The summed E-state index contributed by atoms with van der Waals surface area (Å²) < 4.78 is 9.89. The average molecular weight is 774 g/mol. The number of hydrogen-bond donors (Lipinski definition) is 0. The summed E-state index contributed by atoms with van der Waals surface area (Å²) >= 11 is 0. The number of nitrogens with zero attached hydrogens (tertiary/aromatic N) is 1. The van der Waals surface area contributed by atoms with Gasteiger partial charge in [-0.15, -0.1) is 0 Å². The molecule has 0 N–H and O–H groups in total. The van der Waals surface area contributed by atoms with Crippen LogP contribution in [0.3, 0.4) is 0 Å². The highest BCUT2D eigenvalue weighted by Crippen LogP contribution is 2.56. The molecule has 3 heterocycles. The minimum atomic E-state index is -0.216. The fourth-order valence-corrected chi connectivity index (χ4v) is 13.9. The van der Waals surface area contributed by atoms with Gasteiger partial charge in [0.1, 0.15) is 11.5 Å². The molecule has 2 saturated carbocycles. The first-order valence-electron chi connectivity index (χ1n) is 22.9. The summed E-state index contributed by atoms with van der Waals surface area (Å²) in [5.41, 5.74) is 22.4. The Hall–Kier alpha value is -5.80. The smallest absolute Gasteiger partial charge is 0.251 e. The van der Waals surface area contributed by atoms with Gasteiger partial charge in [0.05, 0.1) is 11.0 Å². The van der Waals surface area contributed by atoms with E-state index in [0.29, 0.717) is 23.7 Å². The second kappa shape index (κ2) is 12.2. The molecule has 2 nitrogen and oxygen atoms in total. The van der Waals surface area contributed by atoms with E-state index in [1.807, 2.05) is 0 Å². The maximum Gasteiger partial charge on any atom is 0.251 e. The summed E-state index contributed by atoms with van der Waals surface area (Å²) in [4.78, 5) is 0. The number of ether oxygens (including phenoxy) is 1. The van der Waals surface area contributed by atoms with Gasteiger partial charge >= 0.3 is 0 Å². The van der Waals surface area contributed by atoms with Crippen LogP contribution in [-0.4, -0.2) is 11.3 Å². The Kier molecular flexibility index (Phi) is 6.88. The van der Waals surface area contributed by atoms with Crippen molar-refractivity contribution in [2.24, 2.45) is 0 Å². The van der Waals surface area contributed by atoms with Crippen molar-refractivity contribution in [1.29, 1.82) is 0 Å². The van der Waals surface area contributed by atoms with E-state index in [1.165, 1.54) is 123 Å². The highest BCUT2D eigenvalue weighted by atomic mass is 16.5. The third kappa shape index (κ3) is 4.46. The van der Waals surface area contributed by atoms with Gasteiger partial charge in [-0.1, -0.05) is 129 Å². The quantitative estimate of drug-likeness (QED) is 0.163. The van der Waals surface area contributed by atoms with Crippen LogP contribution in [0.15, 0.2) is 133 Å². The molecule has 1 aromatic heterocycles. The summed E-state index contributed by atoms with van der Waals surface area (Å²) in [5, 5.41) is 2.58. The molecular weight excluding hydrogens is 725 g/mol. The fraction of sp³-hybridized carbons (Fsp3) is 0.263. The van der Waals surface area contributed by atoms with Crippen molar-refractivity contribution >= 4 is 44.9 Å². The lowest BCUT2D eigenvalue weighted by Gasteiger charge is -2.49. The highest BCUT2D eigenvalue weighted by Gasteiger charge is 2.50. The van der Waals surface area contributed by atoms with Crippen LogP contribution in [0.1, 0.15) is 122 Å². The fourth-order valence-electron chi connectivity index (χ4n) is 13.9. The summed E-state index contributed by atoms with van der Waals surface area (Å²) in [5.74, 6) is 4.90. The van der Waals surface area contributed by atoms with E-state index < -0.39 is 0 Å². The second-order valence-electron chi connectivity index (χ2n) is 19.7. The average Bonchev–Trinajstić information content (AvgIpc) is 3.65. The Morgan fingerprint density at radius 2 is 1.07 bits per heavy atom. The minimum Gasteiger partial charge on any atom is -0.458 e. The Labute approximate surface area is 353 Å². The van der Waals surface area contributed by atoms with E-state index in [2.05, 4.69) is 152 Å². The van der Waals surface area contributed by atoms with Crippen LogP contribution >= 0.6 is 0 Å². The van der Waals surface area contributed by atoms with E-state index in [1.54, 1.807) is 27.8 Å². The SMILES string of the molecule is CC1(C)c2cc(-n3c4c(-c5ccccc5)cccc4c4cccc(-c5ccccc5)c43)ccc2B2c3cc4c(cc3Oc3cc5c(c1c32)C1CCC5CC1)C1CCC4CC1. The zero-order valence-electron chi connectivity index (χ0n) is 34.6. The van der Waals surface area contributed by atoms with E-state index in [4.69, 9.17) is 4.74 Å². The molecule has 7 aromatic carbocycles. The molecule has 2 fully saturated rings. The van der Waals surface area contributed by atoms with Crippen LogP contribution in [0.25, 0.3) is 49.7 Å². The molecule has 0 saturated heterocycles. The van der Waals surface area contributed by atoms with Gasteiger partial charge in [-0.05, 0) is 155 Å². The number of fused-ring (bicyclic) bond motifs is 11. The third-order valence-corrected chi connectivity index (χ3v) is 16.5. The minimum absolute atomic E-state index is 0.158. The first-order chi connectivity index (χ1) is 29.5. The van der Waals surface area contributed by atoms with E-state index in [9.17, 15) is 0 Å². The largest absolute Gasteiger partial charge is 0.458 e. The molecule has 290 valence electrons. The predicted molar refractivity (Wildman–Crippen MR) is 249 cm³/mol. The molecule has 0 atom stereocenters. The molecule has 0 amide bonds. The van der Waals surface area contributed by atoms with Crippen molar-refractivity contribution in [3.05, 3.63) is 167 Å². The maximum absolute atomic E-state index is 7.27. The monoisotopic (exact) mass is 773 g/mol. The lowest BCUT2D eigenvalue weighted by molar-refractivity contribution is 0.350. The Bertz CT molecular complexity index is 3020. The van der Waals surface area contributed by atoms with Crippen LogP contribution in [0.5, 0.6) is 11.5 Å². The highest BCUT2D eigenvalue weighted by molar-refractivity contribution is 6.98. The van der Waals surface area contributed by atoms with Crippen LogP contribution < -0.4 is 21.1 Å². The number of para-hydroxylation sites is 2. The Morgan fingerprint density at radius 1 is 0.517 bits per heavy atom. The zero-order valence-corrected chi connectivity index (χ0v) is 34.6. The first kappa shape index (κ1) is 34.0. The molecule has 0 radical (unpaired) electrons. The Morgan fingerprint density at radius 3 is 1.68 bits per heavy atom. The molecule has 16 rings (SSSR count). The summed E-state index contributed by atoms with van der Waals surface area (Å²) in [6.07, 6.45) is 10.6. The van der Waals surface area contributed by atoms with Crippen molar-refractivity contribution in [1.82, 2.24) is 4.57 Å². The van der Waals surface area contributed by atoms with E-state index >= 15 is 0 Å². The lowest BCUT2D eigenvalue weighted by atomic mass is 9.30. The van der Waals surface area contributed by atoms with Crippen molar-refractivity contribution < 1.29 is 4.74 Å². The van der Waals surface area contributed by atoms with Crippen molar-refractivity contribution in [2.45, 2.75) is 94.3 Å². The van der Waals surface area contributed by atoms with Gasteiger partial charge in [0.25, 0.3) is 6.71 Å². The van der Waals surface area contributed by atoms with Gasteiger partial charge in [0.15, 0.2) is 0 Å². The molecule has 0 unspecified atom stereocenters. The summed E-state index contributed by atoms with van der Waals surface area (Å²) in [7, 11) is 0. The van der Waals surface area contributed by atoms with Gasteiger partial charge < -0.3 is 9.30 Å².